The summed E-state index contributed by atoms with van der Waals surface area (Å²) in [6, 6.07) is 15.3. The molecule has 3 rings (SSSR count). The van der Waals surface area contributed by atoms with Crippen molar-refractivity contribution >= 4 is 23.2 Å². The second-order valence-electron chi connectivity index (χ2n) is 5.23. The number of hydrogen-bond donors (Lipinski definition) is 1. The Hall–Kier alpha value is -2.43. The predicted octanol–water partition coefficient (Wildman–Crippen LogP) is 6.21. The molecular formula is C19H13Cl2FO3. The zero-order chi connectivity index (χ0) is 17.8. The minimum atomic E-state index is -0.355. The quantitative estimate of drug-likeness (QED) is 0.573. The third-order valence-electron chi connectivity index (χ3n) is 3.33. The Morgan fingerprint density at radius 3 is 2.00 bits per heavy atom. The molecule has 0 saturated heterocycles. The summed E-state index contributed by atoms with van der Waals surface area (Å²) in [5.74, 6) is 1.14. The molecule has 0 aliphatic rings. The lowest BCUT2D eigenvalue weighted by atomic mass is 10.2. The standard InChI is InChI=1S/C19H13Cl2FO3/c20-17-9-12(11-24-15-7-3-14(23)4-8-15)10-18(21)19(17)25-16-5-1-13(22)2-6-16/h1-10,23H,11H2. The summed E-state index contributed by atoms with van der Waals surface area (Å²) in [5, 5.41) is 9.90. The average Bonchev–Trinajstić information content (AvgIpc) is 2.59. The second-order valence-corrected chi connectivity index (χ2v) is 6.04. The molecule has 0 bridgehead atoms. The van der Waals surface area contributed by atoms with Crippen LogP contribution in [-0.2, 0) is 6.61 Å². The van der Waals surface area contributed by atoms with Gasteiger partial charge in [-0.2, -0.15) is 0 Å². The highest BCUT2D eigenvalue weighted by molar-refractivity contribution is 6.37. The van der Waals surface area contributed by atoms with Crippen molar-refractivity contribution in [2.75, 3.05) is 0 Å². The van der Waals surface area contributed by atoms with Gasteiger partial charge in [0, 0.05) is 0 Å². The molecule has 0 spiro atoms. The zero-order valence-electron chi connectivity index (χ0n) is 12.9. The average molecular weight is 379 g/mol. The molecule has 0 amide bonds. The van der Waals surface area contributed by atoms with Gasteiger partial charge in [-0.1, -0.05) is 23.2 Å². The van der Waals surface area contributed by atoms with E-state index in [4.69, 9.17) is 32.7 Å². The lowest BCUT2D eigenvalue weighted by Gasteiger charge is -2.12. The third-order valence-corrected chi connectivity index (χ3v) is 3.90. The summed E-state index contributed by atoms with van der Waals surface area (Å²) in [5.41, 5.74) is 0.759. The first kappa shape index (κ1) is 17.4. The number of phenols is 1. The Morgan fingerprint density at radius 1 is 0.840 bits per heavy atom. The van der Waals surface area contributed by atoms with Gasteiger partial charge in [0.15, 0.2) is 5.75 Å². The van der Waals surface area contributed by atoms with Crippen LogP contribution in [0.15, 0.2) is 60.7 Å². The first-order valence-electron chi connectivity index (χ1n) is 7.34. The van der Waals surface area contributed by atoms with Gasteiger partial charge in [0.25, 0.3) is 0 Å². The Morgan fingerprint density at radius 2 is 1.40 bits per heavy atom. The van der Waals surface area contributed by atoms with Crippen LogP contribution in [0.25, 0.3) is 0 Å². The summed E-state index contributed by atoms with van der Waals surface area (Å²) in [4.78, 5) is 0. The van der Waals surface area contributed by atoms with Gasteiger partial charge in [0.05, 0.1) is 10.0 Å². The normalized spacial score (nSPS) is 10.5. The number of phenolic OH excluding ortho intramolecular Hbond substituents is 1. The number of rotatable bonds is 5. The van der Waals surface area contributed by atoms with Crippen molar-refractivity contribution in [2.24, 2.45) is 0 Å². The molecule has 3 aromatic rings. The molecule has 1 N–H and O–H groups in total. The van der Waals surface area contributed by atoms with Gasteiger partial charge < -0.3 is 14.6 Å². The number of aromatic hydroxyl groups is 1. The number of ether oxygens (including phenoxy) is 2. The van der Waals surface area contributed by atoms with Crippen LogP contribution >= 0.6 is 23.2 Å². The smallest absolute Gasteiger partial charge is 0.164 e. The van der Waals surface area contributed by atoms with Crippen molar-refractivity contribution in [3.05, 3.63) is 82.1 Å². The summed E-state index contributed by atoms with van der Waals surface area (Å²) >= 11 is 12.5. The van der Waals surface area contributed by atoms with Crippen LogP contribution in [0.1, 0.15) is 5.56 Å². The number of hydrogen-bond acceptors (Lipinski definition) is 3. The summed E-state index contributed by atoms with van der Waals surface area (Å²) in [7, 11) is 0. The minimum absolute atomic E-state index is 0.167. The van der Waals surface area contributed by atoms with Crippen LogP contribution in [0.5, 0.6) is 23.0 Å². The number of halogens is 3. The van der Waals surface area contributed by atoms with Gasteiger partial charge in [0.1, 0.15) is 29.7 Å². The fourth-order valence-corrected chi connectivity index (χ4v) is 2.73. The lowest BCUT2D eigenvalue weighted by Crippen LogP contribution is -1.96. The molecule has 128 valence electrons. The Balaban J connectivity index is 1.73. The van der Waals surface area contributed by atoms with Crippen LogP contribution in [0.3, 0.4) is 0 Å². The lowest BCUT2D eigenvalue weighted by molar-refractivity contribution is 0.305. The second kappa shape index (κ2) is 7.64. The van der Waals surface area contributed by atoms with E-state index in [1.54, 1.807) is 24.3 Å². The molecule has 6 heteroatoms. The monoisotopic (exact) mass is 378 g/mol. The molecule has 0 unspecified atom stereocenters. The fraction of sp³-hybridized carbons (Fsp3) is 0.0526. The molecule has 0 atom stereocenters. The van der Waals surface area contributed by atoms with E-state index in [2.05, 4.69) is 0 Å². The van der Waals surface area contributed by atoms with E-state index in [1.807, 2.05) is 0 Å². The summed E-state index contributed by atoms with van der Waals surface area (Å²) in [6.07, 6.45) is 0. The fourth-order valence-electron chi connectivity index (χ4n) is 2.12. The Labute approximate surface area is 154 Å². The Bertz CT molecular complexity index is 842. The molecule has 0 heterocycles. The maximum absolute atomic E-state index is 12.9. The molecule has 3 aromatic carbocycles. The van der Waals surface area contributed by atoms with Crippen molar-refractivity contribution in [1.82, 2.24) is 0 Å². The molecular weight excluding hydrogens is 366 g/mol. The molecule has 25 heavy (non-hydrogen) atoms. The molecule has 0 saturated carbocycles. The van der Waals surface area contributed by atoms with Gasteiger partial charge in [-0.05, 0) is 66.2 Å². The first-order valence-corrected chi connectivity index (χ1v) is 8.10. The third kappa shape index (κ3) is 4.56. The largest absolute Gasteiger partial charge is 0.508 e. The van der Waals surface area contributed by atoms with Crippen molar-refractivity contribution < 1.29 is 19.0 Å². The van der Waals surface area contributed by atoms with Gasteiger partial charge in [0.2, 0.25) is 0 Å². The van der Waals surface area contributed by atoms with Crippen molar-refractivity contribution in [3.63, 3.8) is 0 Å². The maximum atomic E-state index is 12.9. The van der Waals surface area contributed by atoms with Crippen molar-refractivity contribution in [2.45, 2.75) is 6.61 Å². The van der Waals surface area contributed by atoms with E-state index in [-0.39, 0.29) is 18.2 Å². The van der Waals surface area contributed by atoms with Gasteiger partial charge >= 0.3 is 0 Å². The van der Waals surface area contributed by atoms with Gasteiger partial charge in [-0.25, -0.2) is 4.39 Å². The van der Waals surface area contributed by atoms with Crippen LogP contribution in [0.2, 0.25) is 10.0 Å². The Kier molecular flexibility index (Phi) is 5.31. The zero-order valence-corrected chi connectivity index (χ0v) is 14.4. The SMILES string of the molecule is Oc1ccc(OCc2cc(Cl)c(Oc3ccc(F)cc3)c(Cl)c2)cc1. The van der Waals surface area contributed by atoms with E-state index in [0.29, 0.717) is 27.3 Å². The van der Waals surface area contributed by atoms with Gasteiger partial charge in [-0.3, -0.25) is 0 Å². The van der Waals surface area contributed by atoms with Crippen molar-refractivity contribution in [1.29, 1.82) is 0 Å². The molecule has 0 aliphatic carbocycles. The molecule has 3 nitrogen and oxygen atoms in total. The summed E-state index contributed by atoms with van der Waals surface area (Å²) in [6.45, 7) is 0.251. The van der Waals surface area contributed by atoms with E-state index in [9.17, 15) is 9.50 Å². The van der Waals surface area contributed by atoms with Crippen LogP contribution < -0.4 is 9.47 Å². The van der Waals surface area contributed by atoms with Crippen molar-refractivity contribution in [3.8, 4) is 23.0 Å². The molecule has 0 fully saturated rings. The highest BCUT2D eigenvalue weighted by Gasteiger charge is 2.12. The van der Waals surface area contributed by atoms with Crippen LogP contribution in [0, 0.1) is 5.82 Å². The predicted molar refractivity (Wildman–Crippen MR) is 95.4 cm³/mol. The maximum Gasteiger partial charge on any atom is 0.164 e. The highest BCUT2D eigenvalue weighted by atomic mass is 35.5. The van der Waals surface area contributed by atoms with E-state index in [1.165, 1.54) is 36.4 Å². The van der Waals surface area contributed by atoms with Gasteiger partial charge in [-0.15, -0.1) is 0 Å². The summed E-state index contributed by atoms with van der Waals surface area (Å²) < 4.78 is 24.2. The molecule has 0 radical (unpaired) electrons. The van der Waals surface area contributed by atoms with Crippen LogP contribution in [-0.4, -0.2) is 5.11 Å². The highest BCUT2D eigenvalue weighted by Crippen LogP contribution is 2.37. The minimum Gasteiger partial charge on any atom is -0.508 e. The number of benzene rings is 3. The van der Waals surface area contributed by atoms with E-state index < -0.39 is 0 Å². The van der Waals surface area contributed by atoms with E-state index in [0.717, 1.165) is 5.56 Å². The topological polar surface area (TPSA) is 38.7 Å². The first-order chi connectivity index (χ1) is 12.0. The molecule has 0 aromatic heterocycles. The van der Waals surface area contributed by atoms with E-state index >= 15 is 0 Å². The molecule has 0 aliphatic heterocycles. The van der Waals surface area contributed by atoms with Crippen LogP contribution in [0.4, 0.5) is 4.39 Å².